The van der Waals surface area contributed by atoms with Gasteiger partial charge in [0.1, 0.15) is 0 Å². The second-order valence-corrected chi connectivity index (χ2v) is 7.04. The monoisotopic (exact) mass is 310 g/mol. The summed E-state index contributed by atoms with van der Waals surface area (Å²) in [6.07, 6.45) is 1.48. The van der Waals surface area contributed by atoms with Crippen molar-refractivity contribution in [2.24, 2.45) is 0 Å². The van der Waals surface area contributed by atoms with Crippen LogP contribution in [0.1, 0.15) is 18.1 Å². The van der Waals surface area contributed by atoms with Crippen molar-refractivity contribution < 1.29 is 8.42 Å². The van der Waals surface area contributed by atoms with E-state index < -0.39 is 10.0 Å². The van der Waals surface area contributed by atoms with E-state index in [1.807, 2.05) is 23.8 Å². The van der Waals surface area contributed by atoms with Crippen LogP contribution in [0.15, 0.2) is 39.9 Å². The Hall–Kier alpha value is -1.37. The molecule has 1 heterocycles. The number of rotatable bonds is 6. The van der Waals surface area contributed by atoms with Crippen molar-refractivity contribution in [3.8, 4) is 0 Å². The van der Waals surface area contributed by atoms with Crippen molar-refractivity contribution in [1.29, 1.82) is 0 Å². The molecule has 108 valence electrons. The number of anilines is 1. The Balaban J connectivity index is 2.04. The average molecular weight is 310 g/mol. The number of thiophene rings is 1. The molecule has 0 atom stereocenters. The van der Waals surface area contributed by atoms with E-state index in [0.717, 1.165) is 17.5 Å². The van der Waals surface area contributed by atoms with Crippen molar-refractivity contribution in [2.75, 3.05) is 12.3 Å². The highest BCUT2D eigenvalue weighted by Crippen LogP contribution is 2.18. The Kier molecular flexibility index (Phi) is 4.80. The molecule has 0 fully saturated rings. The van der Waals surface area contributed by atoms with E-state index in [9.17, 15) is 8.42 Å². The third kappa shape index (κ3) is 3.59. The van der Waals surface area contributed by atoms with E-state index in [0.29, 0.717) is 18.7 Å². The third-order valence-electron chi connectivity index (χ3n) is 3.09. The normalized spacial score (nSPS) is 11.7. The quantitative estimate of drug-likeness (QED) is 0.805. The summed E-state index contributed by atoms with van der Waals surface area (Å²) in [6, 6.07) is 6.88. The van der Waals surface area contributed by atoms with Crippen LogP contribution in [0.2, 0.25) is 0 Å². The summed E-state index contributed by atoms with van der Waals surface area (Å²) in [6.45, 7) is 2.37. The van der Waals surface area contributed by atoms with Crippen LogP contribution in [0, 0.1) is 0 Å². The van der Waals surface area contributed by atoms with Gasteiger partial charge >= 0.3 is 0 Å². The Bertz CT molecular complexity index is 664. The van der Waals surface area contributed by atoms with Gasteiger partial charge in [0.15, 0.2) is 0 Å². The van der Waals surface area contributed by atoms with Crippen LogP contribution in [0.4, 0.5) is 5.69 Å². The number of hydrogen-bond acceptors (Lipinski definition) is 4. The van der Waals surface area contributed by atoms with Crippen molar-refractivity contribution in [2.45, 2.75) is 24.7 Å². The Morgan fingerprint density at radius 3 is 2.70 bits per heavy atom. The lowest BCUT2D eigenvalue weighted by Gasteiger charge is -2.09. The molecule has 2 aromatic rings. The first kappa shape index (κ1) is 15.0. The van der Waals surface area contributed by atoms with Crippen molar-refractivity contribution in [3.63, 3.8) is 0 Å². The van der Waals surface area contributed by atoms with E-state index in [2.05, 4.69) is 4.72 Å². The van der Waals surface area contributed by atoms with Gasteiger partial charge in [-0.15, -0.1) is 0 Å². The third-order valence-corrected chi connectivity index (χ3v) is 5.29. The molecule has 0 bridgehead atoms. The summed E-state index contributed by atoms with van der Waals surface area (Å²) in [5.41, 5.74) is 8.46. The highest BCUT2D eigenvalue weighted by Gasteiger charge is 2.14. The minimum atomic E-state index is -3.49. The molecular formula is C14H18N2O2S2. The van der Waals surface area contributed by atoms with Crippen molar-refractivity contribution in [1.82, 2.24) is 4.72 Å². The largest absolute Gasteiger partial charge is 0.398 e. The second kappa shape index (κ2) is 6.39. The summed E-state index contributed by atoms with van der Waals surface area (Å²) >= 11 is 1.61. The molecule has 0 aliphatic rings. The summed E-state index contributed by atoms with van der Waals surface area (Å²) < 4.78 is 26.9. The van der Waals surface area contributed by atoms with Gasteiger partial charge in [-0.3, -0.25) is 0 Å². The van der Waals surface area contributed by atoms with Crippen LogP contribution >= 0.6 is 11.3 Å². The topological polar surface area (TPSA) is 72.2 Å². The van der Waals surface area contributed by atoms with Gasteiger partial charge in [0.2, 0.25) is 10.0 Å². The molecule has 1 aromatic carbocycles. The molecule has 0 unspecified atom stereocenters. The molecule has 0 aliphatic carbocycles. The minimum Gasteiger partial charge on any atom is -0.398 e. The van der Waals surface area contributed by atoms with Gasteiger partial charge in [0.05, 0.1) is 4.90 Å². The van der Waals surface area contributed by atoms with E-state index >= 15 is 0 Å². The van der Waals surface area contributed by atoms with Gasteiger partial charge < -0.3 is 5.73 Å². The van der Waals surface area contributed by atoms with Crippen LogP contribution in [-0.2, 0) is 22.9 Å². The van der Waals surface area contributed by atoms with Crippen molar-refractivity contribution >= 4 is 27.0 Å². The van der Waals surface area contributed by atoms with E-state index in [1.54, 1.807) is 23.5 Å². The molecule has 1 aromatic heterocycles. The Morgan fingerprint density at radius 2 is 2.10 bits per heavy atom. The number of nitrogen functional groups attached to an aromatic ring is 1. The fraction of sp³-hybridized carbons (Fsp3) is 0.286. The average Bonchev–Trinajstić information content (AvgIpc) is 2.91. The van der Waals surface area contributed by atoms with E-state index in [4.69, 9.17) is 5.73 Å². The lowest BCUT2D eigenvalue weighted by molar-refractivity contribution is 0.581. The number of nitrogens with two attached hydrogens (primary N) is 1. The number of hydrogen-bond donors (Lipinski definition) is 2. The first-order valence-electron chi connectivity index (χ1n) is 6.42. The number of sulfonamides is 1. The molecular weight excluding hydrogens is 292 g/mol. The molecule has 0 amide bonds. The second-order valence-electron chi connectivity index (χ2n) is 4.49. The first-order chi connectivity index (χ1) is 9.53. The van der Waals surface area contributed by atoms with Gasteiger partial charge in [-0.1, -0.05) is 13.0 Å². The molecule has 0 saturated carbocycles. The summed E-state index contributed by atoms with van der Waals surface area (Å²) in [7, 11) is -3.49. The smallest absolute Gasteiger partial charge is 0.240 e. The maximum absolute atomic E-state index is 12.1. The fourth-order valence-corrected chi connectivity index (χ4v) is 3.68. The van der Waals surface area contributed by atoms with Crippen LogP contribution in [0.3, 0.4) is 0 Å². The maximum atomic E-state index is 12.1. The molecule has 0 saturated heterocycles. The Morgan fingerprint density at radius 1 is 1.30 bits per heavy atom. The lowest BCUT2D eigenvalue weighted by atomic mass is 10.1. The van der Waals surface area contributed by atoms with E-state index in [-0.39, 0.29) is 4.90 Å². The molecule has 20 heavy (non-hydrogen) atoms. The predicted molar refractivity (Wildman–Crippen MR) is 83.4 cm³/mol. The van der Waals surface area contributed by atoms with Crippen LogP contribution in [-0.4, -0.2) is 15.0 Å². The van der Waals surface area contributed by atoms with Gasteiger partial charge in [-0.25, -0.2) is 13.1 Å². The highest BCUT2D eigenvalue weighted by molar-refractivity contribution is 7.89. The van der Waals surface area contributed by atoms with Gasteiger partial charge in [-0.2, -0.15) is 11.3 Å². The molecule has 6 heteroatoms. The summed E-state index contributed by atoms with van der Waals surface area (Å²) in [4.78, 5) is 0.220. The SMILES string of the molecule is CCc1ccc(S(=O)(=O)NCCc2ccsc2)cc1N. The van der Waals surface area contributed by atoms with E-state index in [1.165, 1.54) is 6.07 Å². The van der Waals surface area contributed by atoms with Crippen LogP contribution in [0.25, 0.3) is 0 Å². The number of nitrogens with one attached hydrogen (secondary N) is 1. The highest BCUT2D eigenvalue weighted by atomic mass is 32.2. The molecule has 0 aliphatic heterocycles. The summed E-state index contributed by atoms with van der Waals surface area (Å²) in [5.74, 6) is 0. The minimum absolute atomic E-state index is 0.220. The molecule has 2 rings (SSSR count). The zero-order valence-electron chi connectivity index (χ0n) is 11.3. The zero-order chi connectivity index (χ0) is 14.6. The molecule has 4 nitrogen and oxygen atoms in total. The zero-order valence-corrected chi connectivity index (χ0v) is 12.9. The maximum Gasteiger partial charge on any atom is 0.240 e. The number of benzene rings is 1. The van der Waals surface area contributed by atoms with Crippen LogP contribution < -0.4 is 10.5 Å². The molecule has 0 spiro atoms. The number of aryl methyl sites for hydroxylation is 1. The summed E-state index contributed by atoms with van der Waals surface area (Å²) in [5, 5.41) is 4.00. The van der Waals surface area contributed by atoms with Crippen LogP contribution in [0.5, 0.6) is 0 Å². The Labute approximate surface area is 123 Å². The first-order valence-corrected chi connectivity index (χ1v) is 8.84. The standard InChI is InChI=1S/C14H18N2O2S2/c1-2-12-3-4-13(9-14(12)15)20(17,18)16-7-5-11-6-8-19-10-11/h3-4,6,8-10,16H,2,5,7,15H2,1H3. The molecule has 3 N–H and O–H groups in total. The van der Waals surface area contributed by atoms with Gasteiger partial charge in [0, 0.05) is 12.2 Å². The molecule has 0 radical (unpaired) electrons. The fourth-order valence-electron chi connectivity index (χ4n) is 1.91. The predicted octanol–water partition coefficient (Wildman–Crippen LogP) is 2.41. The lowest BCUT2D eigenvalue weighted by Crippen LogP contribution is -2.26. The van der Waals surface area contributed by atoms with Crippen molar-refractivity contribution in [3.05, 3.63) is 46.2 Å². The van der Waals surface area contributed by atoms with Gasteiger partial charge in [0.25, 0.3) is 0 Å². The van der Waals surface area contributed by atoms with Gasteiger partial charge in [-0.05, 0) is 52.9 Å².